The van der Waals surface area contributed by atoms with Crippen LogP contribution in [-0.4, -0.2) is 32.7 Å². The molecule has 0 fully saturated rings. The molecular weight excluding hydrogens is 512 g/mol. The number of nitrogens with zero attached hydrogens (tertiary/aromatic N) is 2. The van der Waals surface area contributed by atoms with Crippen LogP contribution in [0.25, 0.3) is 11.1 Å². The van der Waals surface area contributed by atoms with Gasteiger partial charge in [-0.3, -0.25) is 4.98 Å². The number of aryl methyl sites for hydroxylation is 1. The van der Waals surface area contributed by atoms with Gasteiger partial charge in [-0.2, -0.15) is 0 Å². The first-order valence-electron chi connectivity index (χ1n) is 13.0. The van der Waals surface area contributed by atoms with E-state index in [0.29, 0.717) is 23.1 Å². The molecule has 0 spiro atoms. The number of alkyl carbamates (subject to hydrolysis) is 1. The van der Waals surface area contributed by atoms with E-state index >= 15 is 0 Å². The minimum atomic E-state index is -1.07. The van der Waals surface area contributed by atoms with Crippen LogP contribution in [0.3, 0.4) is 0 Å². The van der Waals surface area contributed by atoms with Gasteiger partial charge in [-0.05, 0) is 74.4 Å². The van der Waals surface area contributed by atoms with E-state index < -0.39 is 17.7 Å². The molecule has 0 atom stereocenters. The highest BCUT2D eigenvalue weighted by molar-refractivity contribution is 7.98. The number of rotatable bonds is 10. The zero-order chi connectivity index (χ0) is 28.7. The molecule has 2 aromatic heterocycles. The smallest absolute Gasteiger partial charge is 0.407 e. The molecule has 0 saturated carbocycles. The summed E-state index contributed by atoms with van der Waals surface area (Å²) in [5, 5.41) is 12.5. The number of carbonyl (C=O) groups excluding carboxylic acids is 1. The fourth-order valence-electron chi connectivity index (χ4n) is 4.22. The van der Waals surface area contributed by atoms with Crippen molar-refractivity contribution in [1.29, 1.82) is 0 Å². The van der Waals surface area contributed by atoms with Gasteiger partial charge in [-0.25, -0.2) is 14.6 Å². The molecule has 2 heterocycles. The van der Waals surface area contributed by atoms with Gasteiger partial charge in [0.1, 0.15) is 5.60 Å². The summed E-state index contributed by atoms with van der Waals surface area (Å²) >= 11 is 1.40. The predicted octanol–water partition coefficient (Wildman–Crippen LogP) is 6.12. The monoisotopic (exact) mass is 550 g/mol. The van der Waals surface area contributed by atoms with Crippen molar-refractivity contribution in [3.05, 3.63) is 76.4 Å². The number of thioether (sulfide) groups is 1. The molecule has 208 valence electrons. The van der Waals surface area contributed by atoms with Crippen molar-refractivity contribution in [2.75, 3.05) is 0 Å². The number of hydrogen-bond donors (Lipinski definition) is 3. The molecule has 1 aromatic carbocycles. The van der Waals surface area contributed by atoms with E-state index in [-0.39, 0.29) is 12.2 Å². The zero-order valence-electron chi connectivity index (χ0n) is 23.5. The van der Waals surface area contributed by atoms with Crippen molar-refractivity contribution < 1.29 is 19.4 Å². The molecule has 3 aromatic rings. The third-order valence-corrected chi connectivity index (χ3v) is 7.00. The average Bonchev–Trinajstić information content (AvgIpc) is 2.86. The normalized spacial score (nSPS) is 11.5. The number of ether oxygens (including phenoxy) is 1. The van der Waals surface area contributed by atoms with Crippen LogP contribution in [-0.2, 0) is 30.0 Å². The Bertz CT molecular complexity index is 1320. The second-order valence-corrected chi connectivity index (χ2v) is 11.8. The number of amides is 1. The van der Waals surface area contributed by atoms with Crippen molar-refractivity contribution in [3.63, 3.8) is 0 Å². The summed E-state index contributed by atoms with van der Waals surface area (Å²) in [5.74, 6) is -0.251. The van der Waals surface area contributed by atoms with Gasteiger partial charge in [0.2, 0.25) is 0 Å². The average molecular weight is 551 g/mol. The van der Waals surface area contributed by atoms with Gasteiger partial charge in [-0.15, -0.1) is 11.8 Å². The lowest BCUT2D eigenvalue weighted by Gasteiger charge is -2.24. The number of carboxylic acids is 1. The van der Waals surface area contributed by atoms with E-state index in [2.05, 4.69) is 24.1 Å². The maximum absolute atomic E-state index is 12.6. The lowest BCUT2D eigenvalue weighted by molar-refractivity contribution is 0.0523. The molecule has 8 nitrogen and oxygen atoms in total. The maximum atomic E-state index is 12.6. The highest BCUT2D eigenvalue weighted by Gasteiger charge is 2.23. The maximum Gasteiger partial charge on any atom is 0.407 e. The van der Waals surface area contributed by atoms with Crippen LogP contribution in [0, 0.1) is 12.8 Å². The fourth-order valence-corrected chi connectivity index (χ4v) is 5.32. The molecule has 0 bridgehead atoms. The van der Waals surface area contributed by atoms with Crippen LogP contribution in [0.15, 0.2) is 47.5 Å². The van der Waals surface area contributed by atoms with E-state index in [1.54, 1.807) is 12.1 Å². The Labute approximate surface area is 234 Å². The third-order valence-electron chi connectivity index (χ3n) is 5.92. The predicted molar refractivity (Wildman–Crippen MR) is 155 cm³/mol. The number of aromatic nitrogens is 2. The number of aromatic carboxylic acids is 1. The summed E-state index contributed by atoms with van der Waals surface area (Å²) in [4.78, 5) is 34.0. The Morgan fingerprint density at radius 3 is 2.41 bits per heavy atom. The molecule has 3 rings (SSSR count). The number of nitrogens with two attached hydrogens (primary N) is 1. The largest absolute Gasteiger partial charge is 0.476 e. The van der Waals surface area contributed by atoms with Gasteiger partial charge in [0.05, 0.1) is 0 Å². The number of nitrogens with one attached hydrogen (secondary N) is 1. The first-order chi connectivity index (χ1) is 18.4. The number of carbonyl (C=O) groups is 2. The summed E-state index contributed by atoms with van der Waals surface area (Å²) in [6, 6.07) is 11.6. The molecule has 0 unspecified atom stereocenters. The van der Waals surface area contributed by atoms with E-state index in [1.165, 1.54) is 18.0 Å². The molecular formula is C30H38N4O4S. The van der Waals surface area contributed by atoms with E-state index in [1.807, 2.05) is 52.0 Å². The summed E-state index contributed by atoms with van der Waals surface area (Å²) in [6.07, 6.45) is 1.71. The Kier molecular flexibility index (Phi) is 10.1. The van der Waals surface area contributed by atoms with Gasteiger partial charge >= 0.3 is 12.1 Å². The van der Waals surface area contributed by atoms with Crippen LogP contribution in [0.1, 0.15) is 73.2 Å². The van der Waals surface area contributed by atoms with Gasteiger partial charge in [-0.1, -0.05) is 38.1 Å². The van der Waals surface area contributed by atoms with E-state index in [4.69, 9.17) is 15.5 Å². The van der Waals surface area contributed by atoms with Crippen molar-refractivity contribution >= 4 is 23.8 Å². The second-order valence-electron chi connectivity index (χ2n) is 10.8. The fraction of sp³-hybridized carbons (Fsp3) is 0.400. The Morgan fingerprint density at radius 1 is 1.13 bits per heavy atom. The van der Waals surface area contributed by atoms with Crippen molar-refractivity contribution in [2.24, 2.45) is 11.7 Å². The molecule has 39 heavy (non-hydrogen) atoms. The quantitative estimate of drug-likeness (QED) is 0.258. The van der Waals surface area contributed by atoms with Gasteiger partial charge in [0.15, 0.2) is 5.69 Å². The van der Waals surface area contributed by atoms with E-state index in [0.717, 1.165) is 45.6 Å². The Balaban J connectivity index is 2.15. The Morgan fingerprint density at radius 2 is 1.82 bits per heavy atom. The third kappa shape index (κ3) is 8.28. The zero-order valence-corrected chi connectivity index (χ0v) is 24.3. The number of hydrogen-bond acceptors (Lipinski definition) is 7. The highest BCUT2D eigenvalue weighted by atomic mass is 32.2. The molecule has 0 aliphatic heterocycles. The summed E-state index contributed by atoms with van der Waals surface area (Å²) in [5.41, 5.74) is 11.9. The summed E-state index contributed by atoms with van der Waals surface area (Å²) < 4.78 is 5.50. The SMILES string of the molecule is Cc1nc(CC(C)C)c(CNC(=O)OC(C)(C)C)c(-c2ccc(CN)cc2)c1CSc1cccnc1C(=O)O. The topological polar surface area (TPSA) is 127 Å². The molecule has 4 N–H and O–H groups in total. The molecule has 9 heteroatoms. The highest BCUT2D eigenvalue weighted by Crippen LogP contribution is 2.37. The van der Waals surface area contributed by atoms with Crippen LogP contribution in [0.4, 0.5) is 4.79 Å². The molecule has 0 aliphatic rings. The number of pyridine rings is 2. The van der Waals surface area contributed by atoms with Crippen LogP contribution < -0.4 is 11.1 Å². The molecule has 0 aliphatic carbocycles. The molecule has 0 saturated heterocycles. The lowest BCUT2D eigenvalue weighted by atomic mass is 9.90. The van der Waals surface area contributed by atoms with Gasteiger partial charge < -0.3 is 20.9 Å². The number of benzene rings is 1. The van der Waals surface area contributed by atoms with Crippen molar-refractivity contribution in [2.45, 2.75) is 77.3 Å². The van der Waals surface area contributed by atoms with E-state index in [9.17, 15) is 14.7 Å². The van der Waals surface area contributed by atoms with Crippen LogP contribution in [0.2, 0.25) is 0 Å². The minimum absolute atomic E-state index is 0.0187. The van der Waals surface area contributed by atoms with Crippen LogP contribution >= 0.6 is 11.8 Å². The van der Waals surface area contributed by atoms with Crippen LogP contribution in [0.5, 0.6) is 0 Å². The summed E-state index contributed by atoms with van der Waals surface area (Å²) in [6.45, 7) is 12.4. The first-order valence-corrected chi connectivity index (χ1v) is 14.0. The summed E-state index contributed by atoms with van der Waals surface area (Å²) in [7, 11) is 0. The van der Waals surface area contributed by atoms with Crippen molar-refractivity contribution in [1.82, 2.24) is 15.3 Å². The molecule has 0 radical (unpaired) electrons. The van der Waals surface area contributed by atoms with Gasteiger partial charge in [0, 0.05) is 46.9 Å². The standard InChI is InChI=1S/C30H38N4O4S/c1-18(2)14-24-22(16-33-29(37)38-30(4,5)6)26(21-11-9-20(15-31)10-12-21)23(19(3)34-24)17-39-25-8-7-13-32-27(25)28(35)36/h7-13,18H,14-17,31H2,1-6H3,(H,33,37)(H,35,36). The van der Waals surface area contributed by atoms with Gasteiger partial charge in [0.25, 0.3) is 0 Å². The van der Waals surface area contributed by atoms with Crippen molar-refractivity contribution in [3.8, 4) is 11.1 Å². The Hall–Kier alpha value is -3.43. The molecule has 1 amide bonds. The second kappa shape index (κ2) is 13.1. The lowest BCUT2D eigenvalue weighted by Crippen LogP contribution is -2.32. The minimum Gasteiger partial charge on any atom is -0.476 e. The first kappa shape index (κ1) is 30.1. The number of carboxylic acid groups (broad SMARTS) is 1.